The summed E-state index contributed by atoms with van der Waals surface area (Å²) in [7, 11) is 3.05. The number of hydrogen-bond donors (Lipinski definition) is 2. The highest BCUT2D eigenvalue weighted by Gasteiger charge is 2.26. The lowest BCUT2D eigenvalue weighted by molar-refractivity contribution is -0.136. The highest BCUT2D eigenvalue weighted by atomic mass is 33.1. The molecule has 8 heteroatoms. The maximum atomic E-state index is 11.7. The third-order valence-corrected chi connectivity index (χ3v) is 4.81. The molecule has 6 nitrogen and oxygen atoms in total. The Morgan fingerprint density at radius 1 is 1.47 bits per heavy atom. The van der Waals surface area contributed by atoms with Crippen LogP contribution in [0, 0.1) is 0 Å². The van der Waals surface area contributed by atoms with E-state index in [1.54, 1.807) is 10.8 Å². The van der Waals surface area contributed by atoms with Gasteiger partial charge in [-0.3, -0.25) is 9.59 Å². The molecule has 19 heavy (non-hydrogen) atoms. The molecule has 1 rings (SSSR count). The van der Waals surface area contributed by atoms with Crippen molar-refractivity contribution in [2.24, 2.45) is 5.16 Å². The summed E-state index contributed by atoms with van der Waals surface area (Å²) in [6, 6.07) is 0. The summed E-state index contributed by atoms with van der Waals surface area (Å²) in [5.74, 6) is 0.396. The van der Waals surface area contributed by atoms with Gasteiger partial charge in [0.25, 0.3) is 5.91 Å². The van der Waals surface area contributed by atoms with E-state index in [2.05, 4.69) is 10.5 Å². The second-order valence-electron chi connectivity index (χ2n) is 3.89. The van der Waals surface area contributed by atoms with Gasteiger partial charge in [-0.2, -0.15) is 0 Å². The van der Waals surface area contributed by atoms with Gasteiger partial charge < -0.3 is 15.3 Å². The first-order chi connectivity index (χ1) is 9.13. The maximum Gasteiger partial charge on any atom is 0.304 e. The summed E-state index contributed by atoms with van der Waals surface area (Å²) >= 11 is 0. The lowest BCUT2D eigenvalue weighted by Crippen LogP contribution is -2.35. The van der Waals surface area contributed by atoms with Crippen molar-refractivity contribution < 1.29 is 19.5 Å². The molecular formula is C11H18N2O4S2. The van der Waals surface area contributed by atoms with Gasteiger partial charge in [0.1, 0.15) is 0 Å². The molecule has 1 aliphatic heterocycles. The van der Waals surface area contributed by atoms with Gasteiger partial charge in [-0.15, -0.1) is 0 Å². The molecule has 0 bridgehead atoms. The minimum absolute atomic E-state index is 0.136. The normalized spacial score (nSPS) is 17.7. The van der Waals surface area contributed by atoms with E-state index in [9.17, 15) is 9.59 Å². The summed E-state index contributed by atoms with van der Waals surface area (Å²) in [5, 5.41) is 15.1. The average Bonchev–Trinajstić information content (AvgIpc) is 2.85. The Kier molecular flexibility index (Phi) is 7.73. The van der Waals surface area contributed by atoms with Crippen molar-refractivity contribution in [1.29, 1.82) is 0 Å². The topological polar surface area (TPSA) is 88.0 Å². The Labute approximate surface area is 120 Å². The summed E-state index contributed by atoms with van der Waals surface area (Å²) in [6.07, 6.45) is 1.05. The summed E-state index contributed by atoms with van der Waals surface area (Å²) in [6.45, 7) is 2.53. The summed E-state index contributed by atoms with van der Waals surface area (Å²) in [4.78, 5) is 27.0. The van der Waals surface area contributed by atoms with E-state index >= 15 is 0 Å². The second kappa shape index (κ2) is 9.08. The number of carbonyl (C=O) groups is 2. The number of aliphatic carboxylic acids is 1. The van der Waals surface area contributed by atoms with E-state index in [1.807, 2.05) is 6.92 Å². The molecule has 1 unspecified atom stereocenters. The molecule has 0 fully saturated rings. The number of oxime groups is 1. The minimum atomic E-state index is -0.786. The van der Waals surface area contributed by atoms with Gasteiger partial charge in [0.2, 0.25) is 6.10 Å². The molecule has 0 radical (unpaired) electrons. The van der Waals surface area contributed by atoms with E-state index < -0.39 is 12.1 Å². The first-order valence-corrected chi connectivity index (χ1v) is 8.57. The van der Waals surface area contributed by atoms with Crippen LogP contribution >= 0.6 is 21.6 Å². The van der Waals surface area contributed by atoms with Gasteiger partial charge in [0.05, 0.1) is 12.1 Å². The zero-order chi connectivity index (χ0) is 14.1. The van der Waals surface area contributed by atoms with E-state index in [1.165, 1.54) is 10.8 Å². The fraction of sp³-hybridized carbons (Fsp3) is 0.727. The highest BCUT2D eigenvalue weighted by molar-refractivity contribution is 8.76. The average molecular weight is 306 g/mol. The van der Waals surface area contributed by atoms with Crippen LogP contribution in [-0.2, 0) is 14.4 Å². The Morgan fingerprint density at radius 3 is 2.84 bits per heavy atom. The zero-order valence-corrected chi connectivity index (χ0v) is 12.4. The molecule has 0 spiro atoms. The van der Waals surface area contributed by atoms with Crippen molar-refractivity contribution >= 4 is 39.2 Å². The summed E-state index contributed by atoms with van der Waals surface area (Å²) < 4.78 is 0. The molecule has 0 saturated heterocycles. The first-order valence-electron chi connectivity index (χ1n) is 6.09. The monoisotopic (exact) mass is 306 g/mol. The Bertz CT molecular complexity index is 350. The standard InChI is InChI=1S/C11H18N2O4S2/c1-2-8-7-9(17-13-8)11(16)12-4-6-19-18-5-3-10(14)15/h9H,2-7H2,1H3,(H,12,16)(H,14,15). The SMILES string of the molecule is CCC1=NOC(C(=O)NCCSSCCC(=O)O)C1. The third-order valence-electron chi connectivity index (χ3n) is 2.40. The second-order valence-corrected chi connectivity index (χ2v) is 6.59. The van der Waals surface area contributed by atoms with Crippen LogP contribution in [0.3, 0.4) is 0 Å². The highest BCUT2D eigenvalue weighted by Crippen LogP contribution is 2.21. The van der Waals surface area contributed by atoms with Gasteiger partial charge in [0, 0.05) is 24.5 Å². The number of nitrogens with one attached hydrogen (secondary N) is 1. The lowest BCUT2D eigenvalue weighted by atomic mass is 10.1. The number of amides is 1. The van der Waals surface area contributed by atoms with E-state index in [0.717, 1.165) is 17.9 Å². The smallest absolute Gasteiger partial charge is 0.304 e. The zero-order valence-electron chi connectivity index (χ0n) is 10.8. The molecule has 0 aliphatic carbocycles. The van der Waals surface area contributed by atoms with Crippen molar-refractivity contribution in [2.45, 2.75) is 32.3 Å². The molecular weight excluding hydrogens is 288 g/mol. The molecule has 0 aromatic heterocycles. The number of nitrogens with zero attached hydrogens (tertiary/aromatic N) is 1. The van der Waals surface area contributed by atoms with Crippen molar-refractivity contribution in [3.05, 3.63) is 0 Å². The number of carbonyl (C=O) groups excluding carboxylic acids is 1. The quantitative estimate of drug-likeness (QED) is 0.496. The molecule has 0 aromatic carbocycles. The molecule has 1 aliphatic rings. The third kappa shape index (κ3) is 6.72. The van der Waals surface area contributed by atoms with Crippen LogP contribution in [0.1, 0.15) is 26.2 Å². The predicted molar refractivity (Wildman–Crippen MR) is 77.4 cm³/mol. The number of carboxylic acids is 1. The molecule has 1 amide bonds. The van der Waals surface area contributed by atoms with E-state index in [4.69, 9.17) is 9.94 Å². The largest absolute Gasteiger partial charge is 0.481 e. The fourth-order valence-corrected chi connectivity index (χ4v) is 3.24. The van der Waals surface area contributed by atoms with Crippen LogP contribution in [0.4, 0.5) is 0 Å². The maximum absolute atomic E-state index is 11.7. The minimum Gasteiger partial charge on any atom is -0.481 e. The van der Waals surface area contributed by atoms with Crippen molar-refractivity contribution in [3.8, 4) is 0 Å². The Morgan fingerprint density at radius 2 is 2.21 bits per heavy atom. The summed E-state index contributed by atoms with van der Waals surface area (Å²) in [5.41, 5.74) is 0.916. The van der Waals surface area contributed by atoms with Crippen LogP contribution in [0.25, 0.3) is 0 Å². The van der Waals surface area contributed by atoms with Crippen LogP contribution < -0.4 is 5.32 Å². The van der Waals surface area contributed by atoms with Gasteiger partial charge in [-0.1, -0.05) is 33.7 Å². The van der Waals surface area contributed by atoms with Gasteiger partial charge in [-0.25, -0.2) is 0 Å². The molecule has 0 saturated carbocycles. The molecule has 2 N–H and O–H groups in total. The van der Waals surface area contributed by atoms with Crippen LogP contribution in [-0.4, -0.2) is 46.8 Å². The fourth-order valence-electron chi connectivity index (χ4n) is 1.35. The molecule has 108 valence electrons. The Balaban J connectivity index is 1.98. The van der Waals surface area contributed by atoms with Gasteiger partial charge in [0.15, 0.2) is 0 Å². The van der Waals surface area contributed by atoms with E-state index in [0.29, 0.717) is 18.7 Å². The van der Waals surface area contributed by atoms with Crippen LogP contribution in [0.2, 0.25) is 0 Å². The number of rotatable bonds is 9. The van der Waals surface area contributed by atoms with Crippen LogP contribution in [0.15, 0.2) is 5.16 Å². The predicted octanol–water partition coefficient (Wildman–Crippen LogP) is 1.51. The first kappa shape index (κ1) is 16.2. The molecule has 0 aromatic rings. The number of carboxylic acid groups (broad SMARTS) is 1. The van der Waals surface area contributed by atoms with Gasteiger partial charge in [-0.05, 0) is 6.42 Å². The molecule has 1 atom stereocenters. The van der Waals surface area contributed by atoms with Crippen LogP contribution in [0.5, 0.6) is 0 Å². The Hall–Kier alpha value is -0.890. The van der Waals surface area contributed by atoms with Crippen molar-refractivity contribution in [3.63, 3.8) is 0 Å². The number of hydrogen-bond acceptors (Lipinski definition) is 6. The van der Waals surface area contributed by atoms with E-state index in [-0.39, 0.29) is 12.3 Å². The lowest BCUT2D eigenvalue weighted by Gasteiger charge is -2.08. The van der Waals surface area contributed by atoms with Crippen molar-refractivity contribution in [1.82, 2.24) is 5.32 Å². The molecule has 1 heterocycles. The van der Waals surface area contributed by atoms with Gasteiger partial charge >= 0.3 is 5.97 Å². The van der Waals surface area contributed by atoms with Crippen molar-refractivity contribution in [2.75, 3.05) is 18.1 Å².